The lowest BCUT2D eigenvalue weighted by Gasteiger charge is -2.16. The first kappa shape index (κ1) is 19.1. The molecule has 6 heteroatoms. The standard InChI is InChI=1S/C21H14BrN3OS/c1-21(2,11-23)14-5-3-13(4-6-14)20(26)19-16-9-15(22)7-8-17(16)25-10-18(19)27-12-24/h3-10H,1-2H3. The molecule has 0 unspecified atom stereocenters. The molecule has 0 spiro atoms. The maximum atomic E-state index is 13.3. The van der Waals surface area contributed by atoms with Crippen molar-refractivity contribution < 1.29 is 4.79 Å². The summed E-state index contributed by atoms with van der Waals surface area (Å²) in [6.45, 7) is 3.67. The van der Waals surface area contributed by atoms with Crippen molar-refractivity contribution in [1.82, 2.24) is 4.98 Å². The number of thiocyanates is 1. The number of nitrogens with zero attached hydrogens (tertiary/aromatic N) is 3. The Morgan fingerprint density at radius 1 is 1.15 bits per heavy atom. The van der Waals surface area contributed by atoms with E-state index in [9.17, 15) is 10.1 Å². The van der Waals surface area contributed by atoms with Crippen LogP contribution in [0.1, 0.15) is 35.3 Å². The van der Waals surface area contributed by atoms with Crippen LogP contribution in [0.2, 0.25) is 0 Å². The molecule has 1 aromatic heterocycles. The molecule has 3 aromatic rings. The highest BCUT2D eigenvalue weighted by molar-refractivity contribution is 9.10. The normalized spacial score (nSPS) is 11.0. The lowest BCUT2D eigenvalue weighted by atomic mass is 9.85. The van der Waals surface area contributed by atoms with Crippen LogP contribution < -0.4 is 0 Å². The molecule has 0 bridgehead atoms. The van der Waals surface area contributed by atoms with Crippen molar-refractivity contribution in [3.8, 4) is 11.5 Å². The zero-order chi connectivity index (χ0) is 19.6. The smallest absolute Gasteiger partial charge is 0.194 e. The largest absolute Gasteiger partial charge is 0.289 e. The first-order valence-electron chi connectivity index (χ1n) is 8.08. The summed E-state index contributed by atoms with van der Waals surface area (Å²) in [4.78, 5) is 18.1. The lowest BCUT2D eigenvalue weighted by molar-refractivity contribution is 0.103. The van der Waals surface area contributed by atoms with Gasteiger partial charge in [0.05, 0.1) is 21.9 Å². The summed E-state index contributed by atoms with van der Waals surface area (Å²) < 4.78 is 0.830. The number of fused-ring (bicyclic) bond motifs is 1. The summed E-state index contributed by atoms with van der Waals surface area (Å²) in [6.07, 6.45) is 1.56. The third kappa shape index (κ3) is 3.73. The van der Waals surface area contributed by atoms with E-state index >= 15 is 0 Å². The van der Waals surface area contributed by atoms with Crippen molar-refractivity contribution in [3.05, 3.63) is 69.8 Å². The predicted octanol–water partition coefficient (Wildman–Crippen LogP) is 5.60. The highest BCUT2D eigenvalue weighted by Gasteiger charge is 2.22. The molecule has 4 nitrogen and oxygen atoms in total. The van der Waals surface area contributed by atoms with Gasteiger partial charge in [-0.15, -0.1) is 0 Å². The number of benzene rings is 2. The highest BCUT2D eigenvalue weighted by Crippen LogP contribution is 2.32. The molecule has 1 heterocycles. The minimum Gasteiger partial charge on any atom is -0.289 e. The van der Waals surface area contributed by atoms with Crippen LogP contribution in [0.25, 0.3) is 10.9 Å². The molecule has 0 saturated carbocycles. The van der Waals surface area contributed by atoms with E-state index in [4.69, 9.17) is 5.26 Å². The molecule has 0 saturated heterocycles. The van der Waals surface area contributed by atoms with Crippen LogP contribution >= 0.6 is 27.7 Å². The predicted molar refractivity (Wildman–Crippen MR) is 109 cm³/mol. The number of thioether (sulfide) groups is 1. The summed E-state index contributed by atoms with van der Waals surface area (Å²) in [5.41, 5.74) is 1.86. The number of ketones is 1. The first-order valence-corrected chi connectivity index (χ1v) is 9.69. The molecular formula is C21H14BrN3OS. The molecule has 0 fully saturated rings. The minimum atomic E-state index is -0.627. The Morgan fingerprint density at radius 3 is 2.48 bits per heavy atom. The first-order chi connectivity index (χ1) is 12.9. The Bertz CT molecular complexity index is 1130. The van der Waals surface area contributed by atoms with Gasteiger partial charge in [0.25, 0.3) is 0 Å². The summed E-state index contributed by atoms with van der Waals surface area (Å²) >= 11 is 4.35. The molecule has 0 amide bonds. The van der Waals surface area contributed by atoms with Crippen LogP contribution in [0, 0.1) is 22.0 Å². The Labute approximate surface area is 170 Å². The second-order valence-electron chi connectivity index (χ2n) is 6.50. The summed E-state index contributed by atoms with van der Waals surface area (Å²) in [5.74, 6) is -0.181. The lowest BCUT2D eigenvalue weighted by Crippen LogP contribution is -2.14. The third-order valence-corrected chi connectivity index (χ3v) is 5.44. The van der Waals surface area contributed by atoms with Crippen molar-refractivity contribution in [2.75, 3.05) is 0 Å². The van der Waals surface area contributed by atoms with Gasteiger partial charge in [0.2, 0.25) is 0 Å². The molecule has 2 aromatic carbocycles. The SMILES string of the molecule is CC(C)(C#N)c1ccc(C(=O)c2c(SC#N)cnc3ccc(Br)cc23)cc1. The minimum absolute atomic E-state index is 0.181. The van der Waals surface area contributed by atoms with Gasteiger partial charge in [-0.2, -0.15) is 10.5 Å². The van der Waals surface area contributed by atoms with Crippen molar-refractivity contribution in [1.29, 1.82) is 10.5 Å². The van der Waals surface area contributed by atoms with E-state index in [1.165, 1.54) is 0 Å². The Morgan fingerprint density at radius 2 is 1.85 bits per heavy atom. The average Bonchev–Trinajstić information content (AvgIpc) is 2.67. The van der Waals surface area contributed by atoms with E-state index in [-0.39, 0.29) is 5.78 Å². The number of rotatable bonds is 4. The van der Waals surface area contributed by atoms with Gasteiger partial charge in [-0.05, 0) is 49.4 Å². The van der Waals surface area contributed by atoms with Gasteiger partial charge >= 0.3 is 0 Å². The molecule has 132 valence electrons. The number of carbonyl (C=O) groups excluding carboxylic acids is 1. The molecule has 0 radical (unpaired) electrons. The monoisotopic (exact) mass is 435 g/mol. The molecule has 0 aliphatic carbocycles. The van der Waals surface area contributed by atoms with E-state index in [1.807, 2.05) is 37.4 Å². The number of aromatic nitrogens is 1. The van der Waals surface area contributed by atoms with Crippen LogP contribution in [-0.4, -0.2) is 10.8 Å². The van der Waals surface area contributed by atoms with Crippen molar-refractivity contribution in [2.24, 2.45) is 0 Å². The fraction of sp³-hybridized carbons (Fsp3) is 0.143. The van der Waals surface area contributed by atoms with Gasteiger partial charge in [-0.3, -0.25) is 9.78 Å². The van der Waals surface area contributed by atoms with Crippen LogP contribution in [-0.2, 0) is 5.41 Å². The number of hydrogen-bond donors (Lipinski definition) is 0. The molecule has 27 heavy (non-hydrogen) atoms. The Balaban J connectivity index is 2.15. The van der Waals surface area contributed by atoms with Crippen molar-refractivity contribution in [3.63, 3.8) is 0 Å². The maximum Gasteiger partial charge on any atom is 0.194 e. The number of hydrogen-bond acceptors (Lipinski definition) is 5. The molecule has 3 rings (SSSR count). The van der Waals surface area contributed by atoms with E-state index in [2.05, 4.69) is 27.0 Å². The van der Waals surface area contributed by atoms with Crippen LogP contribution in [0.15, 0.2) is 58.0 Å². The van der Waals surface area contributed by atoms with Gasteiger partial charge in [0, 0.05) is 27.2 Å². The Kier molecular flexibility index (Phi) is 5.32. The molecular weight excluding hydrogens is 422 g/mol. The topological polar surface area (TPSA) is 77.5 Å². The molecule has 0 aliphatic rings. The number of pyridine rings is 1. The fourth-order valence-electron chi connectivity index (χ4n) is 2.75. The number of halogens is 1. The van der Waals surface area contributed by atoms with Crippen LogP contribution in [0.3, 0.4) is 0 Å². The van der Waals surface area contributed by atoms with Gasteiger partial charge in [0.15, 0.2) is 5.78 Å². The van der Waals surface area contributed by atoms with Crippen LogP contribution in [0.4, 0.5) is 0 Å². The van der Waals surface area contributed by atoms with Crippen molar-refractivity contribution >= 4 is 44.4 Å². The second kappa shape index (κ2) is 7.52. The number of carbonyl (C=O) groups is 1. The summed E-state index contributed by atoms with van der Waals surface area (Å²) in [6, 6.07) is 14.8. The summed E-state index contributed by atoms with van der Waals surface area (Å²) in [5, 5.41) is 21.1. The van der Waals surface area contributed by atoms with E-state index < -0.39 is 5.41 Å². The zero-order valence-corrected chi connectivity index (χ0v) is 17.1. The zero-order valence-electron chi connectivity index (χ0n) is 14.7. The van der Waals surface area contributed by atoms with E-state index in [0.717, 1.165) is 21.8 Å². The second-order valence-corrected chi connectivity index (χ2v) is 8.24. The molecule has 0 atom stereocenters. The number of nitriles is 2. The summed E-state index contributed by atoms with van der Waals surface area (Å²) in [7, 11) is 0. The van der Waals surface area contributed by atoms with E-state index in [0.29, 0.717) is 26.9 Å². The Hall–Kier alpha value is -2.67. The quantitative estimate of drug-likeness (QED) is 0.302. The molecule has 0 aliphatic heterocycles. The van der Waals surface area contributed by atoms with E-state index in [1.54, 1.807) is 30.5 Å². The maximum absolute atomic E-state index is 13.3. The third-order valence-electron chi connectivity index (χ3n) is 4.33. The molecule has 0 N–H and O–H groups in total. The van der Waals surface area contributed by atoms with Crippen molar-refractivity contribution in [2.45, 2.75) is 24.2 Å². The van der Waals surface area contributed by atoms with Crippen LogP contribution in [0.5, 0.6) is 0 Å². The van der Waals surface area contributed by atoms with Gasteiger partial charge in [-0.1, -0.05) is 40.2 Å². The van der Waals surface area contributed by atoms with Gasteiger partial charge in [-0.25, -0.2) is 0 Å². The average molecular weight is 436 g/mol. The highest BCUT2D eigenvalue weighted by atomic mass is 79.9. The van der Waals surface area contributed by atoms with Gasteiger partial charge < -0.3 is 0 Å². The fourth-order valence-corrected chi connectivity index (χ4v) is 3.62. The van der Waals surface area contributed by atoms with Gasteiger partial charge in [0.1, 0.15) is 5.40 Å².